The number of ether oxygens (including phenoxy) is 1. The monoisotopic (exact) mass is 363 g/mol. The van der Waals surface area contributed by atoms with E-state index in [1.165, 1.54) is 0 Å². The highest BCUT2D eigenvalue weighted by Crippen LogP contribution is 2.30. The number of carbonyl (C=O) groups is 1. The van der Waals surface area contributed by atoms with Gasteiger partial charge in [0.15, 0.2) is 5.82 Å². The van der Waals surface area contributed by atoms with Crippen LogP contribution in [0.1, 0.15) is 29.3 Å². The molecule has 138 valence electrons. The fourth-order valence-electron chi connectivity index (χ4n) is 3.37. The smallest absolute Gasteiger partial charge is 0.258 e. The van der Waals surface area contributed by atoms with E-state index in [-0.39, 0.29) is 11.8 Å². The van der Waals surface area contributed by atoms with Crippen LogP contribution in [0.4, 0.5) is 0 Å². The lowest BCUT2D eigenvalue weighted by Crippen LogP contribution is -2.24. The highest BCUT2D eigenvalue weighted by atomic mass is 16.5. The van der Waals surface area contributed by atoms with Gasteiger partial charge in [0.2, 0.25) is 5.91 Å². The van der Waals surface area contributed by atoms with Gasteiger partial charge >= 0.3 is 0 Å². The van der Waals surface area contributed by atoms with Crippen LogP contribution in [0.2, 0.25) is 0 Å². The first-order valence-electron chi connectivity index (χ1n) is 8.94. The molecule has 4 rings (SSSR count). The molecule has 0 spiro atoms. The molecule has 6 heteroatoms. The van der Waals surface area contributed by atoms with Gasteiger partial charge in [-0.15, -0.1) is 0 Å². The summed E-state index contributed by atoms with van der Waals surface area (Å²) >= 11 is 0. The molecule has 0 bridgehead atoms. The number of nitrogens with zero attached hydrogens (tertiary/aromatic N) is 3. The lowest BCUT2D eigenvalue weighted by Gasteiger charge is -2.16. The molecule has 6 nitrogen and oxygen atoms in total. The second-order valence-electron chi connectivity index (χ2n) is 6.80. The van der Waals surface area contributed by atoms with Gasteiger partial charge in [-0.3, -0.25) is 4.79 Å². The molecule has 27 heavy (non-hydrogen) atoms. The second kappa shape index (κ2) is 7.23. The first-order chi connectivity index (χ1) is 13.1. The second-order valence-corrected chi connectivity index (χ2v) is 6.80. The van der Waals surface area contributed by atoms with Gasteiger partial charge in [0, 0.05) is 31.0 Å². The van der Waals surface area contributed by atoms with Crippen molar-refractivity contribution in [2.45, 2.75) is 25.8 Å². The summed E-state index contributed by atoms with van der Waals surface area (Å²) < 4.78 is 10.6. The highest BCUT2D eigenvalue weighted by Gasteiger charge is 2.33. The van der Waals surface area contributed by atoms with Crippen molar-refractivity contribution in [2.24, 2.45) is 0 Å². The third-order valence-corrected chi connectivity index (χ3v) is 4.93. The molecule has 1 atom stereocenters. The first kappa shape index (κ1) is 17.3. The molecular formula is C21H21N3O3. The number of hydrogen-bond donors (Lipinski definition) is 0. The third kappa shape index (κ3) is 3.56. The van der Waals surface area contributed by atoms with Gasteiger partial charge in [-0.1, -0.05) is 35.5 Å². The van der Waals surface area contributed by atoms with Gasteiger partial charge < -0.3 is 14.2 Å². The summed E-state index contributed by atoms with van der Waals surface area (Å²) in [7, 11) is 1.64. The van der Waals surface area contributed by atoms with Crippen molar-refractivity contribution in [3.63, 3.8) is 0 Å². The van der Waals surface area contributed by atoms with Gasteiger partial charge in [0.05, 0.1) is 7.11 Å². The maximum absolute atomic E-state index is 12.4. The number of likely N-dealkylation sites (tertiary alicyclic amines) is 1. The highest BCUT2D eigenvalue weighted by molar-refractivity contribution is 5.79. The van der Waals surface area contributed by atoms with Crippen LogP contribution < -0.4 is 4.74 Å². The Hall–Kier alpha value is -3.15. The molecule has 1 saturated heterocycles. The van der Waals surface area contributed by atoms with Crippen molar-refractivity contribution < 1.29 is 14.1 Å². The molecule has 0 radical (unpaired) electrons. The van der Waals surface area contributed by atoms with Crippen LogP contribution in [0.3, 0.4) is 0 Å². The molecule has 2 heterocycles. The summed E-state index contributed by atoms with van der Waals surface area (Å²) in [6, 6.07) is 15.7. The summed E-state index contributed by atoms with van der Waals surface area (Å²) in [6.45, 7) is 3.17. The summed E-state index contributed by atoms with van der Waals surface area (Å²) in [6.07, 6.45) is 0.406. The number of rotatable bonds is 5. The molecule has 1 aromatic heterocycles. The molecule has 1 fully saturated rings. The summed E-state index contributed by atoms with van der Waals surface area (Å²) in [4.78, 5) is 18.8. The topological polar surface area (TPSA) is 68.5 Å². The SMILES string of the molecule is COc1ccc(CN2CC(c3noc(-c4ccccc4C)n3)CC2=O)cc1. The van der Waals surface area contributed by atoms with Crippen LogP contribution in [0.5, 0.6) is 5.75 Å². The number of benzene rings is 2. The molecule has 2 aromatic carbocycles. The lowest BCUT2D eigenvalue weighted by atomic mass is 10.1. The fraction of sp³-hybridized carbons (Fsp3) is 0.286. The van der Waals surface area contributed by atoms with Gasteiger partial charge in [0.25, 0.3) is 5.89 Å². The van der Waals surface area contributed by atoms with Crippen molar-refractivity contribution in [3.05, 3.63) is 65.5 Å². The molecule has 1 amide bonds. The maximum Gasteiger partial charge on any atom is 0.258 e. The number of carbonyl (C=O) groups excluding carboxylic acids is 1. The van der Waals surface area contributed by atoms with Gasteiger partial charge in [-0.05, 0) is 36.2 Å². The van der Waals surface area contributed by atoms with Crippen LogP contribution in [-0.2, 0) is 11.3 Å². The number of aromatic nitrogens is 2. The average molecular weight is 363 g/mol. The van der Waals surface area contributed by atoms with Gasteiger partial charge in [0.1, 0.15) is 5.75 Å². The van der Waals surface area contributed by atoms with Crippen LogP contribution in [-0.4, -0.2) is 34.6 Å². The Kier molecular flexibility index (Phi) is 4.62. The zero-order valence-corrected chi connectivity index (χ0v) is 15.4. The van der Waals surface area contributed by atoms with E-state index in [0.717, 1.165) is 22.4 Å². The molecule has 0 N–H and O–H groups in total. The molecule has 1 unspecified atom stereocenters. The average Bonchev–Trinajstić information content (AvgIpc) is 3.30. The Balaban J connectivity index is 1.47. The Bertz CT molecular complexity index is 949. The number of aryl methyl sites for hydroxylation is 1. The first-order valence-corrected chi connectivity index (χ1v) is 8.94. The predicted molar refractivity (Wildman–Crippen MR) is 100 cm³/mol. The van der Waals surface area contributed by atoms with E-state index >= 15 is 0 Å². The number of amides is 1. The Morgan fingerprint density at radius 2 is 1.96 bits per heavy atom. The van der Waals surface area contributed by atoms with Crippen molar-refractivity contribution in [3.8, 4) is 17.2 Å². The minimum Gasteiger partial charge on any atom is -0.497 e. The van der Waals surface area contributed by atoms with Crippen LogP contribution in [0.25, 0.3) is 11.5 Å². The van der Waals surface area contributed by atoms with Crippen molar-refractivity contribution in [1.82, 2.24) is 15.0 Å². The third-order valence-electron chi connectivity index (χ3n) is 4.93. The summed E-state index contributed by atoms with van der Waals surface area (Å²) in [5.74, 6) is 1.97. The van der Waals surface area contributed by atoms with Crippen molar-refractivity contribution >= 4 is 5.91 Å². The molecule has 1 aliphatic rings. The van der Waals surface area contributed by atoms with Crippen LogP contribution in [0.15, 0.2) is 53.1 Å². The Morgan fingerprint density at radius 3 is 2.70 bits per heavy atom. The zero-order chi connectivity index (χ0) is 18.8. The maximum atomic E-state index is 12.4. The van der Waals surface area contributed by atoms with E-state index < -0.39 is 0 Å². The minimum absolute atomic E-state index is 0.0442. The minimum atomic E-state index is -0.0442. The van der Waals surface area contributed by atoms with Crippen molar-refractivity contribution in [2.75, 3.05) is 13.7 Å². The molecule has 0 saturated carbocycles. The molecule has 0 aliphatic carbocycles. The Morgan fingerprint density at radius 1 is 1.19 bits per heavy atom. The van der Waals surface area contributed by atoms with Gasteiger partial charge in [-0.2, -0.15) is 4.98 Å². The van der Waals surface area contributed by atoms with E-state index in [4.69, 9.17) is 9.26 Å². The molecular weight excluding hydrogens is 342 g/mol. The van der Waals surface area contributed by atoms with E-state index in [1.54, 1.807) is 7.11 Å². The predicted octanol–water partition coefficient (Wildman–Crippen LogP) is 3.57. The van der Waals surface area contributed by atoms with E-state index in [0.29, 0.717) is 31.2 Å². The number of hydrogen-bond acceptors (Lipinski definition) is 5. The van der Waals surface area contributed by atoms with E-state index in [9.17, 15) is 4.79 Å². The quantitative estimate of drug-likeness (QED) is 0.693. The standard InChI is InChI=1S/C21H21N3O3/c1-14-5-3-4-6-18(14)21-22-20(23-27-21)16-11-19(25)24(13-16)12-15-7-9-17(26-2)10-8-15/h3-10,16H,11-13H2,1-2H3. The van der Waals surface area contributed by atoms with Crippen molar-refractivity contribution in [1.29, 1.82) is 0 Å². The summed E-state index contributed by atoms with van der Waals surface area (Å²) in [5, 5.41) is 4.13. The van der Waals surface area contributed by atoms with Crippen LogP contribution >= 0.6 is 0 Å². The fourth-order valence-corrected chi connectivity index (χ4v) is 3.37. The zero-order valence-electron chi connectivity index (χ0n) is 15.4. The normalized spacial score (nSPS) is 16.7. The Labute approximate surface area is 157 Å². The number of methoxy groups -OCH3 is 1. The lowest BCUT2D eigenvalue weighted by molar-refractivity contribution is -0.128. The summed E-state index contributed by atoms with van der Waals surface area (Å²) in [5.41, 5.74) is 3.07. The molecule has 1 aliphatic heterocycles. The van der Waals surface area contributed by atoms with Crippen LogP contribution in [0, 0.1) is 6.92 Å². The van der Waals surface area contributed by atoms with Gasteiger partial charge in [-0.25, -0.2) is 0 Å². The largest absolute Gasteiger partial charge is 0.497 e. The molecule has 3 aromatic rings. The van der Waals surface area contributed by atoms with E-state index in [2.05, 4.69) is 10.1 Å². The van der Waals surface area contributed by atoms with E-state index in [1.807, 2.05) is 60.4 Å².